The van der Waals surface area contributed by atoms with Crippen molar-refractivity contribution in [2.24, 2.45) is 11.8 Å². The number of fused-ring (bicyclic) bond motifs is 1. The molecule has 0 spiro atoms. The van der Waals surface area contributed by atoms with E-state index >= 15 is 0 Å². The predicted octanol–water partition coefficient (Wildman–Crippen LogP) is 6.17. The Morgan fingerprint density at radius 3 is 1.62 bits per heavy atom. The van der Waals surface area contributed by atoms with Crippen molar-refractivity contribution in [2.75, 3.05) is 34.4 Å². The first-order valence-corrected chi connectivity index (χ1v) is 20.3. The van der Waals surface area contributed by atoms with Gasteiger partial charge in [0.15, 0.2) is 0 Å². The SMILES string of the molecule is COC(=O)N[C@H](C(=O)N1CCC[C@H]1c1nc(-c2ccc(-c3nc4ccc(-c5c[nH]c([C@@H]6CCCN6C(=O)[C@@H](NC(=O)OC)C(C)C)n5)cc4nc3OC)cc2)c[nH]1)C(C)C. The minimum absolute atomic E-state index is 0.124. The van der Waals surface area contributed by atoms with Gasteiger partial charge in [-0.1, -0.05) is 58.0 Å². The number of amides is 4. The van der Waals surface area contributed by atoms with Crippen molar-refractivity contribution in [3.8, 4) is 39.7 Å². The monoisotopic (exact) mass is 820 g/mol. The predicted molar refractivity (Wildman–Crippen MR) is 222 cm³/mol. The first kappa shape index (κ1) is 41.6. The quantitative estimate of drug-likeness (QED) is 0.112. The maximum absolute atomic E-state index is 13.6. The summed E-state index contributed by atoms with van der Waals surface area (Å²) in [6, 6.07) is 11.6. The highest BCUT2D eigenvalue weighted by atomic mass is 16.5. The van der Waals surface area contributed by atoms with E-state index in [0.29, 0.717) is 53.0 Å². The minimum Gasteiger partial charge on any atom is -0.479 e. The van der Waals surface area contributed by atoms with Crippen LogP contribution in [0.5, 0.6) is 5.88 Å². The Balaban J connectivity index is 1.06. The fourth-order valence-electron chi connectivity index (χ4n) is 8.02. The van der Waals surface area contributed by atoms with Gasteiger partial charge >= 0.3 is 12.2 Å². The molecule has 4 N–H and O–H groups in total. The van der Waals surface area contributed by atoms with Gasteiger partial charge in [-0.05, 0) is 49.7 Å². The van der Waals surface area contributed by atoms with Gasteiger partial charge in [-0.2, -0.15) is 0 Å². The van der Waals surface area contributed by atoms with Crippen LogP contribution in [0.15, 0.2) is 54.9 Å². The lowest BCUT2D eigenvalue weighted by Gasteiger charge is -2.29. The van der Waals surface area contributed by atoms with Gasteiger partial charge in [0.05, 0.1) is 55.8 Å². The smallest absolute Gasteiger partial charge is 0.407 e. The molecule has 2 fully saturated rings. The van der Waals surface area contributed by atoms with Crippen molar-refractivity contribution in [3.05, 3.63) is 66.5 Å². The number of H-pyrrole nitrogens is 2. The average molecular weight is 821 g/mol. The van der Waals surface area contributed by atoms with Gasteiger partial charge in [0, 0.05) is 42.2 Å². The number of carbonyl (C=O) groups excluding carboxylic acids is 4. The standard InChI is InChI=1S/C43H52N10O7/c1-23(2)34(50-42(56)59-6)40(54)52-18-8-10-32(52)37-44-21-30(47-37)25-12-14-26(15-13-25)36-39(58-5)49-29-20-27(16-17-28(29)46-36)31-22-45-38(48-31)33-11-9-19-53(33)41(55)35(24(3)4)51-43(57)60-7/h12-17,20-24,32-35H,8-11,18-19H2,1-7H3,(H,44,47)(H,45,48)(H,50,56)(H,51,57)/t32-,33-,34-,35-/m0/s1. The number of carbonyl (C=O) groups is 4. The highest BCUT2D eigenvalue weighted by Crippen LogP contribution is 2.36. The van der Waals surface area contributed by atoms with Gasteiger partial charge in [-0.3, -0.25) is 9.59 Å². The summed E-state index contributed by atoms with van der Waals surface area (Å²) in [4.78, 5) is 80.9. The molecular formula is C43H52N10O7. The summed E-state index contributed by atoms with van der Waals surface area (Å²) in [7, 11) is 4.12. The molecular weight excluding hydrogens is 769 g/mol. The Kier molecular flexibility index (Phi) is 12.3. The summed E-state index contributed by atoms with van der Waals surface area (Å²) in [5.74, 6) is 1.14. The third-order valence-electron chi connectivity index (χ3n) is 11.3. The molecule has 0 bridgehead atoms. The summed E-state index contributed by atoms with van der Waals surface area (Å²) in [5.41, 5.74) is 5.83. The fourth-order valence-corrected chi connectivity index (χ4v) is 8.02. The summed E-state index contributed by atoms with van der Waals surface area (Å²) in [5, 5.41) is 5.38. The van der Waals surface area contributed by atoms with Gasteiger partial charge in [0.1, 0.15) is 29.4 Å². The summed E-state index contributed by atoms with van der Waals surface area (Å²) in [6.07, 6.45) is 5.52. The number of rotatable bonds is 12. The van der Waals surface area contributed by atoms with E-state index in [-0.39, 0.29) is 35.7 Å². The highest BCUT2D eigenvalue weighted by Gasteiger charge is 2.39. The van der Waals surface area contributed by atoms with Crippen LogP contribution in [0.3, 0.4) is 0 Å². The molecule has 5 heterocycles. The fraction of sp³-hybridized carbons (Fsp3) is 0.442. The second-order valence-corrected chi connectivity index (χ2v) is 15.8. The largest absolute Gasteiger partial charge is 0.479 e. The van der Waals surface area contributed by atoms with Crippen molar-refractivity contribution < 1.29 is 33.4 Å². The van der Waals surface area contributed by atoms with Gasteiger partial charge < -0.3 is 44.6 Å². The number of nitrogens with one attached hydrogen (secondary N) is 4. The Bertz CT molecular complexity index is 2360. The molecule has 2 aliphatic heterocycles. The number of methoxy groups -OCH3 is 3. The number of hydrogen-bond donors (Lipinski definition) is 4. The summed E-state index contributed by atoms with van der Waals surface area (Å²) >= 11 is 0. The first-order chi connectivity index (χ1) is 28.9. The minimum atomic E-state index is -0.717. The zero-order valence-corrected chi connectivity index (χ0v) is 34.9. The number of likely N-dealkylation sites (tertiary alicyclic amines) is 2. The third-order valence-corrected chi connectivity index (χ3v) is 11.3. The van der Waals surface area contributed by atoms with E-state index in [4.69, 9.17) is 34.1 Å². The van der Waals surface area contributed by atoms with Crippen LogP contribution in [0, 0.1) is 11.8 Å². The molecule has 0 unspecified atom stereocenters. The Morgan fingerprint density at radius 2 is 1.13 bits per heavy atom. The number of imidazole rings is 2. The molecule has 17 nitrogen and oxygen atoms in total. The van der Waals surface area contributed by atoms with Gasteiger partial charge in [-0.15, -0.1) is 0 Å². The molecule has 316 valence electrons. The zero-order chi connectivity index (χ0) is 42.7. The highest BCUT2D eigenvalue weighted by molar-refractivity contribution is 5.88. The van der Waals surface area contributed by atoms with Crippen molar-refractivity contribution in [2.45, 2.75) is 77.5 Å². The normalized spacial score (nSPS) is 17.6. The Hall–Kier alpha value is -6.52. The molecule has 7 rings (SSSR count). The van der Waals surface area contributed by atoms with Crippen LogP contribution in [0.25, 0.3) is 44.8 Å². The van der Waals surface area contributed by atoms with E-state index in [1.165, 1.54) is 14.2 Å². The van der Waals surface area contributed by atoms with Crippen LogP contribution in [0.4, 0.5) is 9.59 Å². The molecule has 4 amide bonds. The van der Waals surface area contributed by atoms with Crippen LogP contribution in [-0.2, 0) is 19.1 Å². The summed E-state index contributed by atoms with van der Waals surface area (Å²) < 4.78 is 15.3. The third kappa shape index (κ3) is 8.47. The molecule has 2 aliphatic rings. The number of aromatic nitrogens is 6. The second kappa shape index (κ2) is 17.8. The Morgan fingerprint density at radius 1 is 0.650 bits per heavy atom. The lowest BCUT2D eigenvalue weighted by atomic mass is 10.0. The number of aromatic amines is 2. The number of nitrogens with zero attached hydrogens (tertiary/aromatic N) is 6. The topological polar surface area (TPSA) is 210 Å². The number of hydrogen-bond acceptors (Lipinski definition) is 11. The zero-order valence-electron chi connectivity index (χ0n) is 34.9. The van der Waals surface area contributed by atoms with Crippen LogP contribution in [-0.4, -0.2) is 110 Å². The maximum atomic E-state index is 13.6. The van der Waals surface area contributed by atoms with E-state index < -0.39 is 24.3 Å². The van der Waals surface area contributed by atoms with Crippen LogP contribution in [0.1, 0.15) is 77.1 Å². The summed E-state index contributed by atoms with van der Waals surface area (Å²) in [6.45, 7) is 8.69. The lowest BCUT2D eigenvalue weighted by Crippen LogP contribution is -2.51. The van der Waals surface area contributed by atoms with E-state index in [1.807, 2.05) is 82.6 Å². The average Bonchev–Trinajstić information content (AvgIpc) is 4.10. The van der Waals surface area contributed by atoms with Crippen molar-refractivity contribution in [1.29, 1.82) is 0 Å². The molecule has 2 saturated heterocycles. The lowest BCUT2D eigenvalue weighted by molar-refractivity contribution is -0.136. The van der Waals surface area contributed by atoms with E-state index in [1.54, 1.807) is 16.9 Å². The Labute approximate surface area is 348 Å². The van der Waals surface area contributed by atoms with Gasteiger partial charge in [-0.25, -0.2) is 29.5 Å². The van der Waals surface area contributed by atoms with Crippen molar-refractivity contribution in [3.63, 3.8) is 0 Å². The van der Waals surface area contributed by atoms with Crippen LogP contribution in [0.2, 0.25) is 0 Å². The van der Waals surface area contributed by atoms with Gasteiger partial charge in [0.2, 0.25) is 17.7 Å². The molecule has 0 aliphatic carbocycles. The molecule has 60 heavy (non-hydrogen) atoms. The molecule has 0 saturated carbocycles. The number of alkyl carbamates (subject to hydrolysis) is 2. The van der Waals surface area contributed by atoms with Gasteiger partial charge in [0.25, 0.3) is 0 Å². The molecule has 5 aromatic rings. The first-order valence-electron chi connectivity index (χ1n) is 20.3. The van der Waals surface area contributed by atoms with Crippen LogP contribution >= 0.6 is 0 Å². The molecule has 3 aromatic heterocycles. The number of ether oxygens (including phenoxy) is 3. The van der Waals surface area contributed by atoms with E-state index in [9.17, 15) is 19.2 Å². The molecule has 17 heteroatoms. The van der Waals surface area contributed by atoms with Crippen molar-refractivity contribution in [1.82, 2.24) is 50.3 Å². The second-order valence-electron chi connectivity index (χ2n) is 15.8. The molecule has 2 aromatic carbocycles. The van der Waals surface area contributed by atoms with E-state index in [2.05, 4.69) is 20.6 Å². The molecule has 4 atom stereocenters. The molecule has 0 radical (unpaired) electrons. The van der Waals surface area contributed by atoms with E-state index in [0.717, 1.165) is 48.1 Å². The number of benzene rings is 2. The van der Waals surface area contributed by atoms with Crippen LogP contribution < -0.4 is 15.4 Å². The van der Waals surface area contributed by atoms with Crippen molar-refractivity contribution >= 4 is 35.0 Å². The maximum Gasteiger partial charge on any atom is 0.407 e.